The molecule has 0 bridgehead atoms. The minimum Gasteiger partial charge on any atom is -0.491 e. The van der Waals surface area contributed by atoms with Crippen LogP contribution >= 0.6 is 0 Å². The number of benzene rings is 1. The molecule has 2 heterocycles. The van der Waals surface area contributed by atoms with Gasteiger partial charge in [0.25, 0.3) is 5.91 Å². The molecule has 3 aromatic rings. The number of H-pyrrole nitrogens is 1. The average Bonchev–Trinajstić information content (AvgIpc) is 3.47. The summed E-state index contributed by atoms with van der Waals surface area (Å²) < 4.78 is 36.2. The van der Waals surface area contributed by atoms with Gasteiger partial charge < -0.3 is 14.8 Å². The van der Waals surface area contributed by atoms with Crippen LogP contribution in [0.25, 0.3) is 0 Å². The molecule has 10 heteroatoms. The molecule has 0 aliphatic heterocycles. The molecule has 162 valence electrons. The van der Waals surface area contributed by atoms with Crippen LogP contribution in [0, 0.1) is 0 Å². The quantitative estimate of drug-likeness (QED) is 0.546. The molecule has 1 aliphatic rings. The van der Waals surface area contributed by atoms with Gasteiger partial charge in [0.05, 0.1) is 23.7 Å². The van der Waals surface area contributed by atoms with Crippen LogP contribution in [0.3, 0.4) is 0 Å². The molecule has 31 heavy (non-hydrogen) atoms. The standard InChI is InChI=1S/C21H22N4O5S/c1-13(2)29-16-9-14(21(26)24-19-7-8-23-25-19)10-17(11-16)30-15-3-6-20(22-12-15)31(27,28)18-4-5-18/h3,6-13,18H,4-5H2,1-2H3,(H2,23,24,25,26). The Kier molecular flexibility index (Phi) is 5.64. The van der Waals surface area contributed by atoms with Crippen LogP contribution in [0.2, 0.25) is 0 Å². The summed E-state index contributed by atoms with van der Waals surface area (Å²) in [6.07, 6.45) is 4.13. The Balaban J connectivity index is 1.57. The zero-order valence-electron chi connectivity index (χ0n) is 17.0. The molecule has 2 aromatic heterocycles. The van der Waals surface area contributed by atoms with Crippen molar-refractivity contribution in [2.75, 3.05) is 5.32 Å². The van der Waals surface area contributed by atoms with Crippen LogP contribution < -0.4 is 14.8 Å². The van der Waals surface area contributed by atoms with Crippen LogP contribution in [0.5, 0.6) is 17.2 Å². The number of aromatic nitrogens is 3. The van der Waals surface area contributed by atoms with Crippen LogP contribution in [0.4, 0.5) is 5.82 Å². The van der Waals surface area contributed by atoms with E-state index in [1.807, 2.05) is 13.8 Å². The molecule has 1 saturated carbocycles. The van der Waals surface area contributed by atoms with Crippen molar-refractivity contribution in [1.82, 2.24) is 15.2 Å². The Morgan fingerprint density at radius 1 is 1.13 bits per heavy atom. The van der Waals surface area contributed by atoms with Gasteiger partial charge in [-0.1, -0.05) is 0 Å². The number of hydrogen-bond acceptors (Lipinski definition) is 7. The fraction of sp³-hybridized carbons (Fsp3) is 0.286. The number of carbonyl (C=O) groups is 1. The van der Waals surface area contributed by atoms with Gasteiger partial charge in [-0.2, -0.15) is 5.10 Å². The number of rotatable bonds is 8. The Labute approximate surface area is 179 Å². The Morgan fingerprint density at radius 2 is 1.90 bits per heavy atom. The van der Waals surface area contributed by atoms with Crippen LogP contribution in [0.1, 0.15) is 37.0 Å². The number of anilines is 1. The highest BCUT2D eigenvalue weighted by atomic mass is 32.2. The van der Waals surface area contributed by atoms with E-state index in [4.69, 9.17) is 9.47 Å². The van der Waals surface area contributed by atoms with Crippen molar-refractivity contribution in [1.29, 1.82) is 0 Å². The van der Waals surface area contributed by atoms with Crippen molar-refractivity contribution >= 4 is 21.6 Å². The molecular formula is C21H22N4O5S. The molecule has 0 unspecified atom stereocenters. The Bertz CT molecular complexity index is 1170. The topological polar surface area (TPSA) is 123 Å². The fourth-order valence-corrected chi connectivity index (χ4v) is 4.46. The lowest BCUT2D eigenvalue weighted by molar-refractivity contribution is 0.102. The summed E-state index contributed by atoms with van der Waals surface area (Å²) >= 11 is 0. The van der Waals surface area contributed by atoms with Gasteiger partial charge in [0.15, 0.2) is 14.9 Å². The number of amides is 1. The SMILES string of the molecule is CC(C)Oc1cc(Oc2ccc(S(=O)(=O)C3CC3)nc2)cc(C(=O)Nc2ccn[nH]2)c1. The molecule has 2 N–H and O–H groups in total. The second-order valence-corrected chi connectivity index (χ2v) is 9.64. The van der Waals surface area contributed by atoms with Gasteiger partial charge >= 0.3 is 0 Å². The summed E-state index contributed by atoms with van der Waals surface area (Å²) in [7, 11) is -3.37. The summed E-state index contributed by atoms with van der Waals surface area (Å²) in [5.41, 5.74) is 0.323. The second-order valence-electron chi connectivity index (χ2n) is 7.46. The molecule has 9 nitrogen and oxygen atoms in total. The van der Waals surface area contributed by atoms with Gasteiger partial charge in [0.2, 0.25) is 0 Å². The maximum Gasteiger partial charge on any atom is 0.257 e. The van der Waals surface area contributed by atoms with Gasteiger partial charge in [0.1, 0.15) is 23.1 Å². The fourth-order valence-electron chi connectivity index (χ4n) is 2.90. The van der Waals surface area contributed by atoms with Crippen molar-refractivity contribution in [2.45, 2.75) is 43.1 Å². The zero-order valence-corrected chi connectivity index (χ0v) is 17.8. The highest BCUT2D eigenvalue weighted by Crippen LogP contribution is 2.34. The van der Waals surface area contributed by atoms with E-state index in [0.29, 0.717) is 41.5 Å². The first kappa shape index (κ1) is 20.9. The molecule has 1 aliphatic carbocycles. The smallest absolute Gasteiger partial charge is 0.257 e. The molecule has 0 spiro atoms. The van der Waals surface area contributed by atoms with Gasteiger partial charge in [-0.05, 0) is 51.0 Å². The van der Waals surface area contributed by atoms with Crippen LogP contribution in [0.15, 0.2) is 53.8 Å². The highest BCUT2D eigenvalue weighted by Gasteiger charge is 2.37. The van der Waals surface area contributed by atoms with E-state index in [9.17, 15) is 13.2 Å². The third-order valence-corrected chi connectivity index (χ3v) is 6.64. The first-order valence-electron chi connectivity index (χ1n) is 9.81. The molecule has 0 saturated heterocycles. The minimum absolute atomic E-state index is 0.0406. The van der Waals surface area contributed by atoms with E-state index in [0.717, 1.165) is 0 Å². The van der Waals surface area contributed by atoms with E-state index >= 15 is 0 Å². The van der Waals surface area contributed by atoms with Gasteiger partial charge in [-0.3, -0.25) is 9.89 Å². The Hall–Kier alpha value is -3.40. The predicted octanol–water partition coefficient (Wildman–Crippen LogP) is 3.57. The summed E-state index contributed by atoms with van der Waals surface area (Å²) in [6, 6.07) is 9.44. The minimum atomic E-state index is -3.37. The molecule has 0 radical (unpaired) electrons. The molecule has 1 fully saturated rings. The highest BCUT2D eigenvalue weighted by molar-refractivity contribution is 7.92. The molecule has 1 aromatic carbocycles. The van der Waals surface area contributed by atoms with Crippen LogP contribution in [-0.4, -0.2) is 40.9 Å². The molecular weight excluding hydrogens is 420 g/mol. The summed E-state index contributed by atoms with van der Waals surface area (Å²) in [4.78, 5) is 16.7. The van der Waals surface area contributed by atoms with Crippen molar-refractivity contribution in [3.63, 3.8) is 0 Å². The average molecular weight is 442 g/mol. The maximum atomic E-state index is 12.6. The molecule has 4 rings (SSSR count). The Morgan fingerprint density at radius 3 is 2.52 bits per heavy atom. The van der Waals surface area contributed by atoms with Gasteiger partial charge in [-0.15, -0.1) is 0 Å². The monoisotopic (exact) mass is 442 g/mol. The number of aromatic amines is 1. The second kappa shape index (κ2) is 8.38. The van der Waals surface area contributed by atoms with Crippen molar-refractivity contribution in [3.05, 3.63) is 54.4 Å². The number of nitrogens with one attached hydrogen (secondary N) is 2. The first-order chi connectivity index (χ1) is 14.8. The number of hydrogen-bond donors (Lipinski definition) is 2. The third-order valence-electron chi connectivity index (χ3n) is 4.46. The predicted molar refractivity (Wildman–Crippen MR) is 113 cm³/mol. The lowest BCUT2D eigenvalue weighted by Crippen LogP contribution is -2.13. The largest absolute Gasteiger partial charge is 0.491 e. The number of nitrogens with zero attached hydrogens (tertiary/aromatic N) is 2. The van der Waals surface area contributed by atoms with Gasteiger partial charge in [0, 0.05) is 17.7 Å². The van der Waals surface area contributed by atoms with Crippen molar-refractivity contribution in [3.8, 4) is 17.2 Å². The first-order valence-corrected chi connectivity index (χ1v) is 11.4. The van der Waals surface area contributed by atoms with E-state index in [-0.39, 0.29) is 22.3 Å². The van der Waals surface area contributed by atoms with Crippen LogP contribution in [-0.2, 0) is 9.84 Å². The number of pyridine rings is 1. The number of ether oxygens (including phenoxy) is 2. The summed E-state index contributed by atoms with van der Waals surface area (Å²) in [6.45, 7) is 3.75. The van der Waals surface area contributed by atoms with E-state index in [1.165, 1.54) is 18.5 Å². The number of carbonyl (C=O) groups excluding carboxylic acids is 1. The third kappa shape index (κ3) is 5.02. The molecule has 0 atom stereocenters. The number of sulfone groups is 1. The molecule has 1 amide bonds. The maximum absolute atomic E-state index is 12.6. The van der Waals surface area contributed by atoms with E-state index < -0.39 is 9.84 Å². The zero-order chi connectivity index (χ0) is 22.0. The van der Waals surface area contributed by atoms with E-state index in [2.05, 4.69) is 20.5 Å². The summed E-state index contributed by atoms with van der Waals surface area (Å²) in [5.74, 6) is 1.25. The van der Waals surface area contributed by atoms with E-state index in [1.54, 1.807) is 30.3 Å². The van der Waals surface area contributed by atoms with Gasteiger partial charge in [-0.25, -0.2) is 13.4 Å². The normalized spacial score (nSPS) is 13.8. The lowest BCUT2D eigenvalue weighted by atomic mass is 10.2. The lowest BCUT2D eigenvalue weighted by Gasteiger charge is -2.14. The van der Waals surface area contributed by atoms with Crippen molar-refractivity contribution < 1.29 is 22.7 Å². The van der Waals surface area contributed by atoms with Crippen molar-refractivity contribution in [2.24, 2.45) is 0 Å². The summed E-state index contributed by atoms with van der Waals surface area (Å²) in [5, 5.41) is 8.88.